The third-order valence-corrected chi connectivity index (χ3v) is 0.963. The lowest BCUT2D eigenvalue weighted by Gasteiger charge is -1.77. The summed E-state index contributed by atoms with van der Waals surface area (Å²) >= 11 is 2.68. The second-order valence-electron chi connectivity index (χ2n) is 0.796. The van der Waals surface area contributed by atoms with Crippen molar-refractivity contribution in [1.29, 1.82) is 0 Å². The monoisotopic (exact) mass is 162 g/mol. The first kappa shape index (κ1) is 6.47. The normalized spacial score (nSPS) is 7.00. The molecule has 0 saturated carbocycles. The van der Waals surface area contributed by atoms with Crippen LogP contribution < -0.4 is 0 Å². The van der Waals surface area contributed by atoms with Crippen LogP contribution in [0.4, 0.5) is 0 Å². The molecule has 0 atom stereocenters. The SMILES string of the molecule is C=C=C(Br)C(=O)O. The van der Waals surface area contributed by atoms with E-state index in [0.717, 1.165) is 0 Å². The zero-order chi connectivity index (χ0) is 5.86. The van der Waals surface area contributed by atoms with Crippen molar-refractivity contribution < 1.29 is 9.90 Å². The number of rotatable bonds is 1. The van der Waals surface area contributed by atoms with Crippen molar-refractivity contribution in [2.24, 2.45) is 0 Å². The lowest BCUT2D eigenvalue weighted by molar-refractivity contribution is -0.131. The summed E-state index contributed by atoms with van der Waals surface area (Å²) in [6.45, 7) is 3.09. The standard InChI is InChI=1S/C4H3BrO2/c1-2-3(5)4(6)7/h1H2,(H,6,7). The highest BCUT2D eigenvalue weighted by Crippen LogP contribution is 1.99. The Morgan fingerprint density at radius 3 is 2.29 bits per heavy atom. The largest absolute Gasteiger partial charge is 0.477 e. The number of hydrogen-bond acceptors (Lipinski definition) is 1. The predicted molar refractivity (Wildman–Crippen MR) is 29.2 cm³/mol. The molecule has 3 heteroatoms. The molecule has 0 fully saturated rings. The van der Waals surface area contributed by atoms with Crippen LogP contribution >= 0.6 is 15.9 Å². The van der Waals surface area contributed by atoms with E-state index < -0.39 is 5.97 Å². The topological polar surface area (TPSA) is 37.3 Å². The molecule has 7 heavy (non-hydrogen) atoms. The van der Waals surface area contributed by atoms with E-state index >= 15 is 0 Å². The number of hydrogen-bond donors (Lipinski definition) is 1. The molecule has 0 rings (SSSR count). The van der Waals surface area contributed by atoms with Gasteiger partial charge in [-0.1, -0.05) is 6.58 Å². The van der Waals surface area contributed by atoms with E-state index in [2.05, 4.69) is 28.2 Å². The average Bonchev–Trinajstić information content (AvgIpc) is 1.65. The second kappa shape index (κ2) is 2.61. The lowest BCUT2D eigenvalue weighted by atomic mass is 10.6. The summed E-state index contributed by atoms with van der Waals surface area (Å²) in [4.78, 5) is 9.74. The van der Waals surface area contributed by atoms with Gasteiger partial charge in [-0.15, -0.1) is 5.73 Å². The quantitative estimate of drug-likeness (QED) is 0.464. The van der Waals surface area contributed by atoms with E-state index in [1.165, 1.54) is 0 Å². The molecule has 2 nitrogen and oxygen atoms in total. The zero-order valence-corrected chi connectivity index (χ0v) is 5.03. The maximum absolute atomic E-state index is 9.74. The van der Waals surface area contributed by atoms with Gasteiger partial charge in [0, 0.05) is 0 Å². The molecule has 0 aromatic carbocycles. The molecule has 0 saturated heterocycles. The van der Waals surface area contributed by atoms with E-state index in [1.807, 2.05) is 0 Å². The Morgan fingerprint density at radius 2 is 2.29 bits per heavy atom. The van der Waals surface area contributed by atoms with Gasteiger partial charge in [-0.3, -0.25) is 0 Å². The Bertz CT molecular complexity index is 133. The molecular weight excluding hydrogens is 160 g/mol. The van der Waals surface area contributed by atoms with Gasteiger partial charge < -0.3 is 5.11 Å². The molecule has 0 aromatic rings. The Labute approximate surface area is 49.3 Å². The molecule has 0 unspecified atom stereocenters. The Balaban J connectivity index is 4.10. The summed E-state index contributed by atoms with van der Waals surface area (Å²) in [5.74, 6) is -1.05. The molecule has 0 aliphatic heterocycles. The van der Waals surface area contributed by atoms with E-state index in [9.17, 15) is 4.79 Å². The molecule has 0 heterocycles. The molecule has 0 spiro atoms. The van der Waals surface area contributed by atoms with Gasteiger partial charge in [-0.25, -0.2) is 4.79 Å². The minimum absolute atomic E-state index is 0.0347. The number of halogens is 1. The maximum atomic E-state index is 9.74. The van der Waals surface area contributed by atoms with Crippen molar-refractivity contribution in [2.45, 2.75) is 0 Å². The molecule has 0 radical (unpaired) electrons. The minimum atomic E-state index is -1.05. The fourth-order valence-corrected chi connectivity index (χ4v) is 0.0756. The molecule has 0 aromatic heterocycles. The van der Waals surface area contributed by atoms with Gasteiger partial charge >= 0.3 is 5.97 Å². The number of carboxylic acid groups (broad SMARTS) is 1. The Morgan fingerprint density at radius 1 is 1.86 bits per heavy atom. The van der Waals surface area contributed by atoms with Crippen molar-refractivity contribution in [2.75, 3.05) is 0 Å². The third kappa shape index (κ3) is 2.20. The van der Waals surface area contributed by atoms with Gasteiger partial charge in [0.15, 0.2) is 0 Å². The van der Waals surface area contributed by atoms with Crippen LogP contribution in [0.1, 0.15) is 0 Å². The van der Waals surface area contributed by atoms with Gasteiger partial charge in [0.05, 0.1) is 0 Å². The van der Waals surface area contributed by atoms with Crippen LogP contribution in [-0.2, 0) is 4.79 Å². The van der Waals surface area contributed by atoms with Crippen LogP contribution in [0.15, 0.2) is 16.8 Å². The number of carbonyl (C=O) groups is 1. The summed E-state index contributed by atoms with van der Waals surface area (Å²) in [7, 11) is 0. The molecule has 38 valence electrons. The van der Waals surface area contributed by atoms with Crippen molar-refractivity contribution in [3.63, 3.8) is 0 Å². The Hall–Kier alpha value is -0.530. The summed E-state index contributed by atoms with van der Waals surface area (Å²) in [6, 6.07) is 0. The van der Waals surface area contributed by atoms with E-state index in [-0.39, 0.29) is 4.48 Å². The van der Waals surface area contributed by atoms with E-state index in [0.29, 0.717) is 0 Å². The zero-order valence-electron chi connectivity index (χ0n) is 3.44. The van der Waals surface area contributed by atoms with Crippen molar-refractivity contribution in [1.82, 2.24) is 0 Å². The first-order chi connectivity index (χ1) is 3.18. The first-order valence-electron chi connectivity index (χ1n) is 1.47. The van der Waals surface area contributed by atoms with Crippen molar-refractivity contribution in [3.8, 4) is 0 Å². The van der Waals surface area contributed by atoms with Crippen LogP contribution in [0.25, 0.3) is 0 Å². The average molecular weight is 163 g/mol. The summed E-state index contributed by atoms with van der Waals surface area (Å²) in [5.41, 5.74) is 2.15. The van der Waals surface area contributed by atoms with Crippen LogP contribution in [0, 0.1) is 0 Å². The molecule has 1 N–H and O–H groups in total. The Kier molecular flexibility index (Phi) is 2.41. The maximum Gasteiger partial charge on any atom is 0.350 e. The van der Waals surface area contributed by atoms with E-state index in [1.54, 1.807) is 0 Å². The fraction of sp³-hybridized carbons (Fsp3) is 0. The lowest BCUT2D eigenvalue weighted by Crippen LogP contribution is -1.90. The van der Waals surface area contributed by atoms with Crippen molar-refractivity contribution >= 4 is 21.9 Å². The molecule has 0 aliphatic rings. The third-order valence-electron chi connectivity index (χ3n) is 0.343. The smallest absolute Gasteiger partial charge is 0.350 e. The van der Waals surface area contributed by atoms with Crippen LogP contribution in [0.5, 0.6) is 0 Å². The predicted octanol–water partition coefficient (Wildman–Crippen LogP) is 1.13. The number of aliphatic carboxylic acids is 1. The van der Waals surface area contributed by atoms with Gasteiger partial charge in [-0.2, -0.15) is 0 Å². The summed E-state index contributed by atoms with van der Waals surface area (Å²) in [6.07, 6.45) is 0. The number of carboxylic acids is 1. The van der Waals surface area contributed by atoms with Gasteiger partial charge in [0.2, 0.25) is 0 Å². The molecule has 0 aliphatic carbocycles. The molecule has 0 bridgehead atoms. The van der Waals surface area contributed by atoms with Gasteiger partial charge in [0.1, 0.15) is 4.48 Å². The van der Waals surface area contributed by atoms with Gasteiger partial charge in [-0.05, 0) is 15.9 Å². The second-order valence-corrected chi connectivity index (χ2v) is 1.59. The summed E-state index contributed by atoms with van der Waals surface area (Å²) in [5, 5.41) is 8.00. The first-order valence-corrected chi connectivity index (χ1v) is 2.26. The van der Waals surface area contributed by atoms with Crippen LogP contribution in [-0.4, -0.2) is 11.1 Å². The van der Waals surface area contributed by atoms with E-state index in [4.69, 9.17) is 5.11 Å². The minimum Gasteiger partial charge on any atom is -0.477 e. The highest BCUT2D eigenvalue weighted by atomic mass is 79.9. The molecule has 0 amide bonds. The molecular formula is C4H3BrO2. The highest BCUT2D eigenvalue weighted by Gasteiger charge is 1.96. The van der Waals surface area contributed by atoms with Crippen LogP contribution in [0.3, 0.4) is 0 Å². The van der Waals surface area contributed by atoms with Crippen molar-refractivity contribution in [3.05, 3.63) is 16.8 Å². The summed E-state index contributed by atoms with van der Waals surface area (Å²) < 4.78 is -0.0347. The van der Waals surface area contributed by atoms with Crippen LogP contribution in [0.2, 0.25) is 0 Å². The fourth-order valence-electron chi connectivity index (χ4n) is 0.0756. The highest BCUT2D eigenvalue weighted by molar-refractivity contribution is 9.12. The van der Waals surface area contributed by atoms with Gasteiger partial charge in [0.25, 0.3) is 0 Å².